The molecule has 0 aromatic heterocycles. The summed E-state index contributed by atoms with van der Waals surface area (Å²) in [4.78, 5) is 0. The van der Waals surface area contributed by atoms with Crippen molar-refractivity contribution in [3.8, 4) is 0 Å². The third kappa shape index (κ3) is 4.76. The van der Waals surface area contributed by atoms with Gasteiger partial charge in [-0.25, -0.2) is 0 Å². The lowest BCUT2D eigenvalue weighted by Gasteiger charge is -2.31. The second-order valence-corrected chi connectivity index (χ2v) is 3.35. The number of rotatable bonds is 8. The van der Waals surface area contributed by atoms with Crippen LogP contribution in [-0.2, 0) is 13.9 Å². The van der Waals surface area contributed by atoms with E-state index in [-0.39, 0.29) is 0 Å². The smallest absolute Gasteiger partial charge is 0.272 e. The van der Waals surface area contributed by atoms with Crippen molar-refractivity contribution in [1.82, 2.24) is 0 Å². The van der Waals surface area contributed by atoms with Gasteiger partial charge in [-0.3, -0.25) is 0 Å². The molecule has 0 N–H and O–H groups in total. The van der Waals surface area contributed by atoms with Crippen LogP contribution >= 0.6 is 0 Å². The minimum absolute atomic E-state index is 0.639. The molecule has 0 spiro atoms. The topological polar surface area (TPSA) is 27.7 Å². The van der Waals surface area contributed by atoms with E-state index in [2.05, 4.69) is 13.8 Å². The van der Waals surface area contributed by atoms with Crippen molar-refractivity contribution in [3.05, 3.63) is 0 Å². The predicted molar refractivity (Wildman–Crippen MR) is 56.5 cm³/mol. The molecule has 0 atom stereocenters. The molecule has 0 aliphatic rings. The van der Waals surface area contributed by atoms with E-state index in [4.69, 9.17) is 13.9 Å². The van der Waals surface area contributed by atoms with Gasteiger partial charge in [0.25, 0.3) is 5.97 Å². The van der Waals surface area contributed by atoms with Gasteiger partial charge in [-0.1, -0.05) is 20.8 Å². The van der Waals surface area contributed by atoms with Gasteiger partial charge in [0.1, 0.15) is 0 Å². The Bertz CT molecular complexity index is 105. The Kier molecular flexibility index (Phi) is 7.55. The molecule has 0 radical (unpaired) electrons. The molecule has 13 heavy (non-hydrogen) atoms. The summed E-state index contributed by atoms with van der Waals surface area (Å²) in [6.07, 6.45) is 2.72. The highest BCUT2D eigenvalue weighted by atomic mass is 28.2. The van der Waals surface area contributed by atoms with Crippen molar-refractivity contribution in [2.75, 3.05) is 13.2 Å². The molecule has 0 aliphatic heterocycles. The van der Waals surface area contributed by atoms with Crippen LogP contribution in [0, 0.1) is 0 Å². The zero-order valence-corrected chi connectivity index (χ0v) is 11.3. The van der Waals surface area contributed by atoms with E-state index in [0.717, 1.165) is 19.3 Å². The van der Waals surface area contributed by atoms with E-state index in [1.165, 1.54) is 0 Å². The van der Waals surface area contributed by atoms with Gasteiger partial charge in [-0.15, -0.1) is 0 Å². The summed E-state index contributed by atoms with van der Waals surface area (Å²) in [6.45, 7) is 7.56. The van der Waals surface area contributed by atoms with E-state index in [1.807, 2.05) is 6.92 Å². The first-order chi connectivity index (χ1) is 6.24. The first-order valence-electron chi connectivity index (χ1n) is 5.07. The van der Waals surface area contributed by atoms with Crippen LogP contribution in [0.5, 0.6) is 0 Å². The SMILES string of the molecule is CCCOC(CC)(O[SiH3])OCCC. The van der Waals surface area contributed by atoms with Crippen LogP contribution in [0.15, 0.2) is 0 Å². The molecule has 3 nitrogen and oxygen atoms in total. The molecule has 0 fully saturated rings. The average Bonchev–Trinajstić information content (AvgIpc) is 2.20. The molecule has 0 rings (SSSR count). The molecule has 0 aromatic rings. The van der Waals surface area contributed by atoms with Crippen LogP contribution < -0.4 is 0 Å². The Morgan fingerprint density at radius 2 is 1.46 bits per heavy atom. The first-order valence-corrected chi connectivity index (χ1v) is 5.89. The van der Waals surface area contributed by atoms with Crippen molar-refractivity contribution in [2.24, 2.45) is 0 Å². The summed E-state index contributed by atoms with van der Waals surface area (Å²) in [5.74, 6) is -0.752. The Balaban J connectivity index is 3.97. The van der Waals surface area contributed by atoms with Crippen LogP contribution in [-0.4, -0.2) is 29.7 Å². The number of ether oxygens (including phenoxy) is 2. The zero-order valence-electron chi connectivity index (χ0n) is 9.26. The standard InChI is InChI=1S/C9H22O3Si/c1-4-7-10-9(6-3,12-13)11-8-5-2/h4-8H2,1-3,13H3. The fraction of sp³-hybridized carbons (Fsp3) is 1.00. The molecule has 0 aromatic carbocycles. The second-order valence-electron chi connectivity index (χ2n) is 2.94. The van der Waals surface area contributed by atoms with Gasteiger partial charge >= 0.3 is 0 Å². The minimum Gasteiger partial charge on any atom is -0.380 e. The van der Waals surface area contributed by atoms with Crippen LogP contribution in [0.4, 0.5) is 0 Å². The molecule has 80 valence electrons. The van der Waals surface area contributed by atoms with Crippen molar-refractivity contribution >= 4 is 10.5 Å². The van der Waals surface area contributed by atoms with Gasteiger partial charge in [-0.05, 0) is 12.8 Å². The number of hydrogen-bond acceptors (Lipinski definition) is 3. The largest absolute Gasteiger partial charge is 0.380 e. The molecule has 0 saturated carbocycles. The maximum absolute atomic E-state index is 5.57. The van der Waals surface area contributed by atoms with Crippen LogP contribution in [0.3, 0.4) is 0 Å². The second kappa shape index (κ2) is 7.50. The third-order valence-electron chi connectivity index (χ3n) is 1.80. The molecule has 0 amide bonds. The fourth-order valence-electron chi connectivity index (χ4n) is 1.02. The average molecular weight is 206 g/mol. The summed E-state index contributed by atoms with van der Waals surface area (Å²) in [5, 5.41) is 0. The fourth-order valence-corrected chi connectivity index (χ4v) is 1.55. The molecular formula is C9H22O3Si. The first kappa shape index (κ1) is 13.1. The Labute approximate surface area is 84.3 Å². The molecule has 0 saturated heterocycles. The molecule has 0 unspecified atom stereocenters. The van der Waals surface area contributed by atoms with Gasteiger partial charge in [0.2, 0.25) is 0 Å². The highest BCUT2D eigenvalue weighted by Gasteiger charge is 2.28. The summed E-state index contributed by atoms with van der Waals surface area (Å²) in [6, 6.07) is 0. The van der Waals surface area contributed by atoms with Gasteiger partial charge < -0.3 is 13.9 Å². The highest BCUT2D eigenvalue weighted by molar-refractivity contribution is 5.98. The van der Waals surface area contributed by atoms with E-state index in [0.29, 0.717) is 23.7 Å². The quantitative estimate of drug-likeness (QED) is 0.441. The predicted octanol–water partition coefficient (Wildman–Crippen LogP) is 1.20. The van der Waals surface area contributed by atoms with Crippen LogP contribution in [0.2, 0.25) is 0 Å². The van der Waals surface area contributed by atoms with Crippen molar-refractivity contribution < 1.29 is 13.9 Å². The van der Waals surface area contributed by atoms with E-state index in [9.17, 15) is 0 Å². The highest BCUT2D eigenvalue weighted by Crippen LogP contribution is 2.19. The van der Waals surface area contributed by atoms with Crippen LogP contribution in [0.1, 0.15) is 40.0 Å². The lowest BCUT2D eigenvalue weighted by molar-refractivity contribution is -0.344. The summed E-state index contributed by atoms with van der Waals surface area (Å²) >= 11 is 0. The van der Waals surface area contributed by atoms with Crippen LogP contribution in [0.25, 0.3) is 0 Å². The summed E-state index contributed by atoms with van der Waals surface area (Å²) in [5.41, 5.74) is 0. The Morgan fingerprint density at radius 1 is 1.00 bits per heavy atom. The molecular weight excluding hydrogens is 184 g/mol. The monoisotopic (exact) mass is 206 g/mol. The number of hydrogen-bond donors (Lipinski definition) is 0. The molecule has 0 aliphatic carbocycles. The van der Waals surface area contributed by atoms with E-state index in [1.54, 1.807) is 0 Å². The van der Waals surface area contributed by atoms with Crippen molar-refractivity contribution in [1.29, 1.82) is 0 Å². The van der Waals surface area contributed by atoms with Crippen molar-refractivity contribution in [2.45, 2.75) is 46.0 Å². The molecule has 0 bridgehead atoms. The zero-order chi connectivity index (χ0) is 10.2. The molecule has 0 heterocycles. The lowest BCUT2D eigenvalue weighted by atomic mass is 10.4. The van der Waals surface area contributed by atoms with Gasteiger partial charge in [0, 0.05) is 6.42 Å². The third-order valence-corrected chi connectivity index (χ3v) is 2.42. The van der Waals surface area contributed by atoms with Crippen molar-refractivity contribution in [3.63, 3.8) is 0 Å². The van der Waals surface area contributed by atoms with E-state index < -0.39 is 5.97 Å². The molecule has 4 heteroatoms. The summed E-state index contributed by atoms with van der Waals surface area (Å²) in [7, 11) is 0.639. The Hall–Kier alpha value is 0.0969. The normalized spacial score (nSPS) is 12.2. The minimum atomic E-state index is -0.752. The van der Waals surface area contributed by atoms with Gasteiger partial charge in [0.15, 0.2) is 10.5 Å². The lowest BCUT2D eigenvalue weighted by Crippen LogP contribution is -2.38. The summed E-state index contributed by atoms with van der Waals surface area (Å²) < 4.78 is 16.5. The maximum atomic E-state index is 5.57. The maximum Gasteiger partial charge on any atom is 0.272 e. The van der Waals surface area contributed by atoms with Gasteiger partial charge in [-0.2, -0.15) is 0 Å². The van der Waals surface area contributed by atoms with E-state index >= 15 is 0 Å². The Morgan fingerprint density at radius 3 is 1.69 bits per heavy atom. The van der Waals surface area contributed by atoms with Gasteiger partial charge in [0.05, 0.1) is 13.2 Å².